The van der Waals surface area contributed by atoms with Crippen LogP contribution in [0.25, 0.3) is 0 Å². The van der Waals surface area contributed by atoms with Gasteiger partial charge in [-0.1, -0.05) is 0 Å². The van der Waals surface area contributed by atoms with Crippen molar-refractivity contribution in [1.29, 1.82) is 0 Å². The molecule has 0 bridgehead atoms. The minimum atomic E-state index is 0.269. The molecule has 1 aromatic rings. The third-order valence-electron chi connectivity index (χ3n) is 2.65. The Morgan fingerprint density at radius 3 is 2.86 bits per heavy atom. The molecule has 0 radical (unpaired) electrons. The standard InChI is InChI=1S/C10H15N3O/c1-11-9-3-2-4-10(9)14-8-5-12-7-13-6-8/h5-7,9-11H,2-4H2,1H3/t9-,10+/m1/s1. The van der Waals surface area contributed by atoms with Gasteiger partial charge in [-0.25, -0.2) is 9.97 Å². The van der Waals surface area contributed by atoms with Crippen LogP contribution in [0.2, 0.25) is 0 Å². The highest BCUT2D eigenvalue weighted by atomic mass is 16.5. The molecule has 2 rings (SSSR count). The minimum Gasteiger partial charge on any atom is -0.486 e. The average Bonchev–Trinajstić information content (AvgIpc) is 2.67. The van der Waals surface area contributed by atoms with E-state index in [1.807, 2.05) is 7.05 Å². The quantitative estimate of drug-likeness (QED) is 0.777. The van der Waals surface area contributed by atoms with Gasteiger partial charge in [-0.15, -0.1) is 0 Å². The van der Waals surface area contributed by atoms with Crippen LogP contribution in [0.4, 0.5) is 0 Å². The first kappa shape index (κ1) is 9.40. The number of rotatable bonds is 3. The van der Waals surface area contributed by atoms with E-state index in [2.05, 4.69) is 15.3 Å². The molecule has 0 unspecified atom stereocenters. The molecular formula is C10H15N3O. The maximum atomic E-state index is 5.79. The van der Waals surface area contributed by atoms with Crippen molar-refractivity contribution in [3.63, 3.8) is 0 Å². The number of ether oxygens (including phenoxy) is 1. The van der Waals surface area contributed by atoms with E-state index in [0.717, 1.165) is 12.2 Å². The Morgan fingerprint density at radius 2 is 2.14 bits per heavy atom. The van der Waals surface area contributed by atoms with E-state index in [9.17, 15) is 0 Å². The molecule has 1 aliphatic rings. The van der Waals surface area contributed by atoms with Gasteiger partial charge < -0.3 is 10.1 Å². The first-order chi connectivity index (χ1) is 6.90. The first-order valence-corrected chi connectivity index (χ1v) is 4.99. The molecule has 0 spiro atoms. The first-order valence-electron chi connectivity index (χ1n) is 4.99. The predicted octanol–water partition coefficient (Wildman–Crippen LogP) is 0.996. The summed E-state index contributed by atoms with van der Waals surface area (Å²) in [5.41, 5.74) is 0. The molecule has 1 aromatic heterocycles. The molecule has 1 saturated carbocycles. The number of nitrogens with zero attached hydrogens (tertiary/aromatic N) is 2. The Bertz CT molecular complexity index is 278. The highest BCUT2D eigenvalue weighted by Gasteiger charge is 2.27. The van der Waals surface area contributed by atoms with E-state index in [1.165, 1.54) is 19.2 Å². The molecule has 1 fully saturated rings. The molecule has 1 N–H and O–H groups in total. The van der Waals surface area contributed by atoms with Gasteiger partial charge in [-0.2, -0.15) is 0 Å². The molecular weight excluding hydrogens is 178 g/mol. The summed E-state index contributed by atoms with van der Waals surface area (Å²) in [6.07, 6.45) is 8.72. The molecule has 0 amide bonds. The van der Waals surface area contributed by atoms with Crippen LogP contribution < -0.4 is 10.1 Å². The fraction of sp³-hybridized carbons (Fsp3) is 0.600. The minimum absolute atomic E-state index is 0.269. The average molecular weight is 193 g/mol. The van der Waals surface area contributed by atoms with E-state index in [1.54, 1.807) is 12.4 Å². The number of hydrogen-bond donors (Lipinski definition) is 1. The monoisotopic (exact) mass is 193 g/mol. The van der Waals surface area contributed by atoms with Crippen LogP contribution in [-0.2, 0) is 0 Å². The lowest BCUT2D eigenvalue weighted by Crippen LogP contribution is -2.36. The van der Waals surface area contributed by atoms with Crippen molar-refractivity contribution >= 4 is 0 Å². The number of nitrogens with one attached hydrogen (secondary N) is 1. The number of aromatic nitrogens is 2. The molecule has 0 aromatic carbocycles. The Hall–Kier alpha value is -1.16. The fourth-order valence-corrected chi connectivity index (χ4v) is 1.92. The summed E-state index contributed by atoms with van der Waals surface area (Å²) in [5, 5.41) is 3.27. The van der Waals surface area contributed by atoms with Crippen molar-refractivity contribution < 1.29 is 4.74 Å². The van der Waals surface area contributed by atoms with Crippen LogP contribution >= 0.6 is 0 Å². The molecule has 76 valence electrons. The van der Waals surface area contributed by atoms with Gasteiger partial charge in [0.2, 0.25) is 0 Å². The zero-order chi connectivity index (χ0) is 9.80. The summed E-state index contributed by atoms with van der Waals surface area (Å²) in [6, 6.07) is 0.468. The van der Waals surface area contributed by atoms with Crippen molar-refractivity contribution in [1.82, 2.24) is 15.3 Å². The van der Waals surface area contributed by atoms with Crippen LogP contribution in [-0.4, -0.2) is 29.2 Å². The van der Waals surface area contributed by atoms with Gasteiger partial charge in [-0.05, 0) is 26.3 Å². The smallest absolute Gasteiger partial charge is 0.156 e. The maximum absolute atomic E-state index is 5.79. The Labute approximate surface area is 83.7 Å². The SMILES string of the molecule is CN[C@@H]1CCC[C@@H]1Oc1cncnc1. The number of hydrogen-bond acceptors (Lipinski definition) is 4. The van der Waals surface area contributed by atoms with Crippen LogP contribution in [0.15, 0.2) is 18.7 Å². The third-order valence-corrected chi connectivity index (χ3v) is 2.65. The van der Waals surface area contributed by atoms with Gasteiger partial charge in [0, 0.05) is 6.04 Å². The van der Waals surface area contributed by atoms with Crippen molar-refractivity contribution in [3.05, 3.63) is 18.7 Å². The summed E-state index contributed by atoms with van der Waals surface area (Å²) in [6.45, 7) is 0. The Balaban J connectivity index is 1.97. The van der Waals surface area contributed by atoms with Crippen molar-refractivity contribution in [3.8, 4) is 5.75 Å². The Morgan fingerprint density at radius 1 is 1.36 bits per heavy atom. The second kappa shape index (κ2) is 4.37. The number of likely N-dealkylation sites (N-methyl/N-ethyl adjacent to an activating group) is 1. The zero-order valence-corrected chi connectivity index (χ0v) is 8.31. The largest absolute Gasteiger partial charge is 0.486 e. The van der Waals surface area contributed by atoms with Crippen molar-refractivity contribution in [2.75, 3.05) is 7.05 Å². The predicted molar refractivity (Wildman–Crippen MR) is 53.1 cm³/mol. The highest BCUT2D eigenvalue weighted by Crippen LogP contribution is 2.23. The molecule has 14 heavy (non-hydrogen) atoms. The van der Waals surface area contributed by atoms with Gasteiger partial charge in [0.1, 0.15) is 12.4 Å². The van der Waals surface area contributed by atoms with Crippen LogP contribution in [0.5, 0.6) is 5.75 Å². The van der Waals surface area contributed by atoms with E-state index in [0.29, 0.717) is 6.04 Å². The summed E-state index contributed by atoms with van der Waals surface area (Å²) >= 11 is 0. The van der Waals surface area contributed by atoms with Gasteiger partial charge >= 0.3 is 0 Å². The van der Waals surface area contributed by atoms with Crippen LogP contribution in [0, 0.1) is 0 Å². The molecule has 0 saturated heterocycles. The van der Waals surface area contributed by atoms with E-state index in [-0.39, 0.29) is 6.10 Å². The van der Waals surface area contributed by atoms with Crippen LogP contribution in [0.1, 0.15) is 19.3 Å². The third kappa shape index (κ3) is 2.01. The summed E-state index contributed by atoms with van der Waals surface area (Å²) in [4.78, 5) is 7.84. The zero-order valence-electron chi connectivity index (χ0n) is 8.31. The van der Waals surface area contributed by atoms with Crippen molar-refractivity contribution in [2.24, 2.45) is 0 Å². The second-order valence-electron chi connectivity index (χ2n) is 3.56. The molecule has 1 aliphatic carbocycles. The molecule has 2 atom stereocenters. The fourth-order valence-electron chi connectivity index (χ4n) is 1.92. The molecule has 0 aliphatic heterocycles. The van der Waals surface area contributed by atoms with Gasteiger partial charge in [0.05, 0.1) is 12.4 Å². The summed E-state index contributed by atoms with van der Waals surface area (Å²) in [7, 11) is 1.98. The lowest BCUT2D eigenvalue weighted by atomic mass is 10.2. The Kier molecular flexibility index (Phi) is 2.93. The molecule has 1 heterocycles. The van der Waals surface area contributed by atoms with Gasteiger partial charge in [0.25, 0.3) is 0 Å². The van der Waals surface area contributed by atoms with Gasteiger partial charge in [-0.3, -0.25) is 0 Å². The van der Waals surface area contributed by atoms with E-state index < -0.39 is 0 Å². The summed E-state index contributed by atoms with van der Waals surface area (Å²) < 4.78 is 5.79. The lowest BCUT2D eigenvalue weighted by molar-refractivity contribution is 0.177. The highest BCUT2D eigenvalue weighted by molar-refractivity contribution is 5.11. The topological polar surface area (TPSA) is 47.0 Å². The maximum Gasteiger partial charge on any atom is 0.156 e. The van der Waals surface area contributed by atoms with E-state index in [4.69, 9.17) is 4.74 Å². The van der Waals surface area contributed by atoms with Crippen molar-refractivity contribution in [2.45, 2.75) is 31.4 Å². The molecule has 4 heteroatoms. The lowest BCUT2D eigenvalue weighted by Gasteiger charge is -2.19. The molecule has 4 nitrogen and oxygen atoms in total. The van der Waals surface area contributed by atoms with E-state index >= 15 is 0 Å². The van der Waals surface area contributed by atoms with Crippen LogP contribution in [0.3, 0.4) is 0 Å². The van der Waals surface area contributed by atoms with Gasteiger partial charge in [0.15, 0.2) is 5.75 Å². The second-order valence-corrected chi connectivity index (χ2v) is 3.56. The normalized spacial score (nSPS) is 26.4. The summed E-state index contributed by atoms with van der Waals surface area (Å²) in [5.74, 6) is 0.764.